The standard InChI is InChI=1S/C11H22N2O3/c1-11(2,3)16-10(15)13-8-4-7(6-12)9(14)5-8/h7-9,14H,4-6,12H2,1-3H3,(H,13,15)/t7-,8+,9-/m1/s1. The van der Waals surface area contributed by atoms with Gasteiger partial charge in [0.1, 0.15) is 5.60 Å². The summed E-state index contributed by atoms with van der Waals surface area (Å²) in [6.07, 6.45) is 0.435. The molecule has 1 aliphatic rings. The number of ether oxygens (including phenoxy) is 1. The minimum atomic E-state index is -0.491. The summed E-state index contributed by atoms with van der Waals surface area (Å²) in [5.74, 6) is 0.0833. The number of amides is 1. The van der Waals surface area contributed by atoms with E-state index in [1.807, 2.05) is 20.8 Å². The number of hydrogen-bond acceptors (Lipinski definition) is 4. The second-order valence-corrected chi connectivity index (χ2v) is 5.38. The third kappa shape index (κ3) is 3.98. The van der Waals surface area contributed by atoms with Gasteiger partial charge in [0.15, 0.2) is 0 Å². The summed E-state index contributed by atoms with van der Waals surface area (Å²) in [6, 6.07) is -0.0293. The number of rotatable bonds is 2. The van der Waals surface area contributed by atoms with Gasteiger partial charge in [0, 0.05) is 6.04 Å². The van der Waals surface area contributed by atoms with Crippen LogP contribution in [0.3, 0.4) is 0 Å². The van der Waals surface area contributed by atoms with Crippen LogP contribution in [-0.4, -0.2) is 35.5 Å². The average Bonchev–Trinajstić information content (AvgIpc) is 2.42. The molecule has 0 heterocycles. The number of aliphatic hydroxyl groups is 1. The first-order valence-corrected chi connectivity index (χ1v) is 5.69. The minimum absolute atomic E-state index is 0.0293. The Hall–Kier alpha value is -0.810. The molecule has 5 nitrogen and oxygen atoms in total. The van der Waals surface area contributed by atoms with Crippen LogP contribution in [0.25, 0.3) is 0 Å². The predicted octanol–water partition coefficient (Wildman–Crippen LogP) is 0.609. The quantitative estimate of drug-likeness (QED) is 0.649. The van der Waals surface area contributed by atoms with Gasteiger partial charge in [-0.05, 0) is 46.1 Å². The van der Waals surface area contributed by atoms with Crippen LogP contribution < -0.4 is 11.1 Å². The molecule has 5 heteroatoms. The smallest absolute Gasteiger partial charge is 0.407 e. The molecule has 94 valence electrons. The van der Waals surface area contributed by atoms with Crippen molar-refractivity contribution in [1.82, 2.24) is 5.32 Å². The summed E-state index contributed by atoms with van der Waals surface area (Å²) in [5.41, 5.74) is 5.02. The van der Waals surface area contributed by atoms with Crippen LogP contribution in [0, 0.1) is 5.92 Å². The van der Waals surface area contributed by atoms with Gasteiger partial charge >= 0.3 is 6.09 Å². The van der Waals surface area contributed by atoms with E-state index in [1.54, 1.807) is 0 Å². The SMILES string of the molecule is CC(C)(C)OC(=O)N[C@H]1C[C@H](CN)[C@H](O)C1. The predicted molar refractivity (Wildman–Crippen MR) is 60.9 cm³/mol. The van der Waals surface area contributed by atoms with E-state index in [1.165, 1.54) is 0 Å². The summed E-state index contributed by atoms with van der Waals surface area (Å²) in [4.78, 5) is 11.5. The summed E-state index contributed by atoms with van der Waals surface area (Å²) >= 11 is 0. The van der Waals surface area contributed by atoms with E-state index >= 15 is 0 Å². The van der Waals surface area contributed by atoms with Gasteiger partial charge in [-0.15, -0.1) is 0 Å². The van der Waals surface area contributed by atoms with Gasteiger partial charge in [-0.2, -0.15) is 0 Å². The Bertz CT molecular complexity index is 250. The Morgan fingerprint density at radius 3 is 2.56 bits per heavy atom. The van der Waals surface area contributed by atoms with Crippen LogP contribution >= 0.6 is 0 Å². The van der Waals surface area contributed by atoms with Gasteiger partial charge in [-0.25, -0.2) is 4.79 Å². The van der Waals surface area contributed by atoms with Crippen molar-refractivity contribution in [1.29, 1.82) is 0 Å². The lowest BCUT2D eigenvalue weighted by Crippen LogP contribution is -2.38. The van der Waals surface area contributed by atoms with Crippen molar-refractivity contribution in [3.8, 4) is 0 Å². The lowest BCUT2D eigenvalue weighted by atomic mass is 10.1. The average molecular weight is 230 g/mol. The number of nitrogens with two attached hydrogens (primary N) is 1. The topological polar surface area (TPSA) is 84.6 Å². The number of aliphatic hydroxyl groups excluding tert-OH is 1. The molecule has 1 fully saturated rings. The molecule has 0 unspecified atom stereocenters. The first-order chi connectivity index (χ1) is 7.31. The van der Waals surface area contributed by atoms with Crippen LogP contribution in [-0.2, 0) is 4.74 Å². The molecular formula is C11H22N2O3. The van der Waals surface area contributed by atoms with E-state index in [0.29, 0.717) is 13.0 Å². The highest BCUT2D eigenvalue weighted by atomic mass is 16.6. The third-order valence-electron chi connectivity index (χ3n) is 2.68. The normalized spacial score (nSPS) is 30.2. The zero-order chi connectivity index (χ0) is 12.3. The van der Waals surface area contributed by atoms with E-state index < -0.39 is 17.8 Å². The maximum absolute atomic E-state index is 11.5. The van der Waals surface area contributed by atoms with Crippen LogP contribution in [0.1, 0.15) is 33.6 Å². The van der Waals surface area contributed by atoms with Gasteiger partial charge in [-0.1, -0.05) is 0 Å². The van der Waals surface area contributed by atoms with Crippen molar-refractivity contribution in [3.63, 3.8) is 0 Å². The van der Waals surface area contributed by atoms with Crippen LogP contribution in [0.4, 0.5) is 4.79 Å². The third-order valence-corrected chi connectivity index (χ3v) is 2.68. The second kappa shape index (κ2) is 5.01. The Kier molecular flexibility index (Phi) is 4.15. The molecule has 1 aliphatic carbocycles. The Balaban J connectivity index is 2.36. The molecule has 16 heavy (non-hydrogen) atoms. The Morgan fingerprint density at radius 2 is 2.12 bits per heavy atom. The number of carbonyl (C=O) groups is 1. The second-order valence-electron chi connectivity index (χ2n) is 5.38. The fraction of sp³-hybridized carbons (Fsp3) is 0.909. The van der Waals surface area contributed by atoms with E-state index in [-0.39, 0.29) is 12.0 Å². The summed E-state index contributed by atoms with van der Waals surface area (Å²) in [7, 11) is 0. The molecule has 0 spiro atoms. The molecule has 0 radical (unpaired) electrons. The largest absolute Gasteiger partial charge is 0.444 e. The van der Waals surface area contributed by atoms with Crippen molar-refractivity contribution < 1.29 is 14.6 Å². The highest BCUT2D eigenvalue weighted by molar-refractivity contribution is 5.68. The van der Waals surface area contributed by atoms with Crippen molar-refractivity contribution in [3.05, 3.63) is 0 Å². The fourth-order valence-electron chi connectivity index (χ4n) is 1.95. The van der Waals surface area contributed by atoms with Gasteiger partial charge in [0.2, 0.25) is 0 Å². The van der Waals surface area contributed by atoms with Crippen molar-refractivity contribution in [2.45, 2.75) is 51.4 Å². The number of nitrogens with one attached hydrogen (secondary N) is 1. The molecule has 0 bridgehead atoms. The molecule has 1 saturated carbocycles. The van der Waals surface area contributed by atoms with E-state index in [0.717, 1.165) is 6.42 Å². The zero-order valence-electron chi connectivity index (χ0n) is 10.2. The highest BCUT2D eigenvalue weighted by Crippen LogP contribution is 2.25. The van der Waals surface area contributed by atoms with E-state index in [2.05, 4.69) is 5.32 Å². The van der Waals surface area contributed by atoms with Gasteiger partial charge in [0.05, 0.1) is 6.10 Å². The van der Waals surface area contributed by atoms with Crippen LogP contribution in [0.2, 0.25) is 0 Å². The van der Waals surface area contributed by atoms with E-state index in [9.17, 15) is 9.90 Å². The molecule has 0 aliphatic heterocycles. The molecule has 3 atom stereocenters. The molecular weight excluding hydrogens is 208 g/mol. The molecule has 0 aromatic heterocycles. The lowest BCUT2D eigenvalue weighted by molar-refractivity contribution is 0.0502. The van der Waals surface area contributed by atoms with Gasteiger partial charge in [-0.3, -0.25) is 0 Å². The first kappa shape index (κ1) is 13.3. The zero-order valence-corrected chi connectivity index (χ0v) is 10.2. The molecule has 1 amide bonds. The Morgan fingerprint density at radius 1 is 1.50 bits per heavy atom. The molecule has 0 aromatic rings. The minimum Gasteiger partial charge on any atom is -0.444 e. The molecule has 0 saturated heterocycles. The first-order valence-electron chi connectivity index (χ1n) is 5.69. The van der Waals surface area contributed by atoms with Gasteiger partial charge < -0.3 is 20.9 Å². The van der Waals surface area contributed by atoms with Gasteiger partial charge in [0.25, 0.3) is 0 Å². The summed E-state index contributed by atoms with van der Waals surface area (Å²) in [6.45, 7) is 5.91. The van der Waals surface area contributed by atoms with E-state index in [4.69, 9.17) is 10.5 Å². The summed E-state index contributed by atoms with van der Waals surface area (Å²) < 4.78 is 5.14. The molecule has 4 N–H and O–H groups in total. The number of carbonyl (C=O) groups excluding carboxylic acids is 1. The monoisotopic (exact) mass is 230 g/mol. The lowest BCUT2D eigenvalue weighted by Gasteiger charge is -2.21. The van der Waals surface area contributed by atoms with Crippen LogP contribution in [0.15, 0.2) is 0 Å². The highest BCUT2D eigenvalue weighted by Gasteiger charge is 2.33. The molecule has 0 aromatic carbocycles. The molecule has 1 rings (SSSR count). The van der Waals surface area contributed by atoms with Crippen molar-refractivity contribution >= 4 is 6.09 Å². The Labute approximate surface area is 96.3 Å². The number of alkyl carbamates (subject to hydrolysis) is 1. The van der Waals surface area contributed by atoms with Crippen molar-refractivity contribution in [2.75, 3.05) is 6.54 Å². The fourth-order valence-corrected chi connectivity index (χ4v) is 1.95. The maximum atomic E-state index is 11.5. The maximum Gasteiger partial charge on any atom is 0.407 e. The van der Waals surface area contributed by atoms with Crippen molar-refractivity contribution in [2.24, 2.45) is 11.7 Å². The number of hydrogen-bond donors (Lipinski definition) is 3. The summed E-state index contributed by atoms with van der Waals surface area (Å²) in [5, 5.41) is 12.4. The van der Waals surface area contributed by atoms with Crippen LogP contribution in [0.5, 0.6) is 0 Å².